The molecule has 3 aliphatic heterocycles. The van der Waals surface area contributed by atoms with E-state index in [1.807, 2.05) is 25.4 Å². The monoisotopic (exact) mass is 436 g/mol. The van der Waals surface area contributed by atoms with Crippen molar-refractivity contribution in [2.24, 2.45) is 16.8 Å². The number of nitrogens with zero attached hydrogens (tertiary/aromatic N) is 5. The number of ether oxygens (including phenoxy) is 1. The molecule has 172 valence electrons. The molecule has 4 heterocycles. The van der Waals surface area contributed by atoms with Crippen LogP contribution in [-0.2, 0) is 11.3 Å². The van der Waals surface area contributed by atoms with Crippen LogP contribution in [0.25, 0.3) is 0 Å². The highest BCUT2D eigenvalue weighted by Gasteiger charge is 2.37. The minimum absolute atomic E-state index is 0.333. The summed E-state index contributed by atoms with van der Waals surface area (Å²) < 4.78 is 5.57. The lowest BCUT2D eigenvalue weighted by atomic mass is 9.91. The average Bonchev–Trinajstić information content (AvgIpc) is 3.23. The molecule has 4 rings (SSSR count). The number of nitrogens with one attached hydrogen (secondary N) is 1. The second-order valence-electron chi connectivity index (χ2n) is 9.11. The van der Waals surface area contributed by atoms with Crippen LogP contribution in [-0.4, -0.2) is 65.0 Å². The maximum atomic E-state index is 5.57. The third-order valence-corrected chi connectivity index (χ3v) is 6.96. The van der Waals surface area contributed by atoms with E-state index in [1.54, 1.807) is 0 Å². The summed E-state index contributed by atoms with van der Waals surface area (Å²) in [6.07, 6.45) is 8.74. The predicted molar refractivity (Wildman–Crippen MR) is 128 cm³/mol. The summed E-state index contributed by atoms with van der Waals surface area (Å²) in [7, 11) is 2.14. The molecule has 0 unspecified atom stereocenters. The van der Waals surface area contributed by atoms with Crippen LogP contribution in [0.2, 0.25) is 0 Å². The van der Waals surface area contributed by atoms with E-state index < -0.39 is 0 Å². The molecule has 1 aromatic heterocycles. The molecular weight excluding hydrogens is 400 g/mol. The van der Waals surface area contributed by atoms with Gasteiger partial charge in [0.15, 0.2) is 0 Å². The number of amidine groups is 1. The molecule has 0 amide bonds. The SMILES string of the molecule is C=CC1=C(N(C)C2CCOCC2)N=C([C@@H]2CN(Cc3cnc(C)cn3)C[C@H]2CC)NC1=C. The Morgan fingerprint density at radius 2 is 2.03 bits per heavy atom. The van der Waals surface area contributed by atoms with Crippen molar-refractivity contribution in [2.75, 3.05) is 33.4 Å². The summed E-state index contributed by atoms with van der Waals surface area (Å²) in [5.74, 6) is 2.87. The number of aliphatic imine (C=N–C) groups is 1. The second kappa shape index (κ2) is 9.96. The Hall–Kier alpha value is -2.51. The summed E-state index contributed by atoms with van der Waals surface area (Å²) in [5.41, 5.74) is 3.84. The van der Waals surface area contributed by atoms with Gasteiger partial charge in [0.05, 0.1) is 11.4 Å². The Morgan fingerprint density at radius 3 is 2.69 bits per heavy atom. The first kappa shape index (κ1) is 22.7. The number of rotatable bonds is 7. The van der Waals surface area contributed by atoms with E-state index in [0.717, 1.165) is 86.4 Å². The van der Waals surface area contributed by atoms with E-state index in [4.69, 9.17) is 9.73 Å². The lowest BCUT2D eigenvalue weighted by Gasteiger charge is -2.36. The van der Waals surface area contributed by atoms with Crippen LogP contribution in [0.1, 0.15) is 37.6 Å². The molecule has 7 heteroatoms. The lowest BCUT2D eigenvalue weighted by Crippen LogP contribution is -2.42. The number of allylic oxidation sites excluding steroid dienone is 1. The molecule has 2 saturated heterocycles. The Morgan fingerprint density at radius 1 is 1.25 bits per heavy atom. The summed E-state index contributed by atoms with van der Waals surface area (Å²) in [6.45, 7) is 17.0. The van der Waals surface area contributed by atoms with Gasteiger partial charge < -0.3 is 15.0 Å². The fraction of sp³-hybridized carbons (Fsp3) is 0.560. The van der Waals surface area contributed by atoms with Crippen molar-refractivity contribution in [3.8, 4) is 0 Å². The van der Waals surface area contributed by atoms with E-state index in [0.29, 0.717) is 17.9 Å². The normalized spacial score (nSPS) is 25.0. The van der Waals surface area contributed by atoms with E-state index in [9.17, 15) is 0 Å². The molecule has 0 bridgehead atoms. The van der Waals surface area contributed by atoms with Gasteiger partial charge in [-0.2, -0.15) is 0 Å². The van der Waals surface area contributed by atoms with Crippen molar-refractivity contribution in [3.63, 3.8) is 0 Å². The van der Waals surface area contributed by atoms with Gasteiger partial charge in [0.2, 0.25) is 0 Å². The maximum absolute atomic E-state index is 5.57. The van der Waals surface area contributed by atoms with E-state index in [2.05, 4.69) is 52.2 Å². The van der Waals surface area contributed by atoms with Crippen LogP contribution < -0.4 is 5.32 Å². The highest BCUT2D eigenvalue weighted by Crippen LogP contribution is 2.32. The Balaban J connectivity index is 1.55. The molecule has 7 nitrogen and oxygen atoms in total. The van der Waals surface area contributed by atoms with Crippen LogP contribution in [0, 0.1) is 18.8 Å². The summed E-state index contributed by atoms with van der Waals surface area (Å²) >= 11 is 0. The van der Waals surface area contributed by atoms with Crippen LogP contribution in [0.3, 0.4) is 0 Å². The van der Waals surface area contributed by atoms with Gasteiger partial charge in [-0.05, 0) is 25.7 Å². The zero-order chi connectivity index (χ0) is 22.7. The molecule has 0 aromatic carbocycles. The Labute approximate surface area is 192 Å². The summed E-state index contributed by atoms with van der Waals surface area (Å²) in [6, 6.07) is 0.423. The summed E-state index contributed by atoms with van der Waals surface area (Å²) in [4.78, 5) is 18.9. The molecule has 2 atom stereocenters. The van der Waals surface area contributed by atoms with Crippen molar-refractivity contribution in [1.29, 1.82) is 0 Å². The number of aromatic nitrogens is 2. The third kappa shape index (κ3) is 4.79. The molecule has 0 saturated carbocycles. The molecule has 0 spiro atoms. The standard InChI is InChI=1S/C25H36N6O/c1-6-19-14-31(15-20-13-26-17(3)12-27-20)16-23(19)24-28-18(4)22(7-2)25(29-24)30(5)21-8-10-32-11-9-21/h7,12-13,19,21,23H,2,4,6,8-11,14-16H2,1,3,5H3,(H,28,29)/t19-,23-/m1/s1. The number of aryl methyl sites for hydroxylation is 1. The third-order valence-electron chi connectivity index (χ3n) is 6.96. The van der Waals surface area contributed by atoms with E-state index in [-0.39, 0.29) is 0 Å². The zero-order valence-corrected chi connectivity index (χ0v) is 19.7. The van der Waals surface area contributed by atoms with Gasteiger partial charge in [-0.25, -0.2) is 4.99 Å². The van der Waals surface area contributed by atoms with Crippen molar-refractivity contribution in [2.45, 2.75) is 45.7 Å². The molecule has 1 aromatic rings. The largest absolute Gasteiger partial charge is 0.381 e. The fourth-order valence-corrected chi connectivity index (χ4v) is 5.01. The van der Waals surface area contributed by atoms with Gasteiger partial charge in [0, 0.05) is 75.5 Å². The zero-order valence-electron chi connectivity index (χ0n) is 19.7. The first-order valence-electron chi connectivity index (χ1n) is 11.7. The smallest absolute Gasteiger partial charge is 0.140 e. The number of hydrogen-bond donors (Lipinski definition) is 1. The van der Waals surface area contributed by atoms with Crippen molar-refractivity contribution < 1.29 is 4.74 Å². The molecule has 0 radical (unpaired) electrons. The number of hydrogen-bond acceptors (Lipinski definition) is 7. The molecule has 3 aliphatic rings. The van der Waals surface area contributed by atoms with Gasteiger partial charge in [-0.15, -0.1) is 0 Å². The molecule has 2 fully saturated rings. The topological polar surface area (TPSA) is 65.9 Å². The van der Waals surface area contributed by atoms with Crippen molar-refractivity contribution in [3.05, 3.63) is 60.1 Å². The van der Waals surface area contributed by atoms with Gasteiger partial charge >= 0.3 is 0 Å². The predicted octanol–water partition coefficient (Wildman–Crippen LogP) is 3.27. The van der Waals surface area contributed by atoms with Crippen LogP contribution >= 0.6 is 0 Å². The molecule has 32 heavy (non-hydrogen) atoms. The average molecular weight is 437 g/mol. The second-order valence-corrected chi connectivity index (χ2v) is 9.11. The summed E-state index contributed by atoms with van der Waals surface area (Å²) in [5, 5.41) is 3.52. The van der Waals surface area contributed by atoms with E-state index >= 15 is 0 Å². The fourth-order valence-electron chi connectivity index (χ4n) is 5.01. The van der Waals surface area contributed by atoms with Crippen LogP contribution in [0.15, 0.2) is 53.7 Å². The van der Waals surface area contributed by atoms with Gasteiger partial charge in [0.25, 0.3) is 0 Å². The Kier molecular flexibility index (Phi) is 7.06. The van der Waals surface area contributed by atoms with Gasteiger partial charge in [-0.3, -0.25) is 14.9 Å². The Bertz CT molecular complexity index is 900. The lowest BCUT2D eigenvalue weighted by molar-refractivity contribution is 0.0521. The highest BCUT2D eigenvalue weighted by molar-refractivity contribution is 5.90. The molecular formula is C25H36N6O. The van der Waals surface area contributed by atoms with Crippen LogP contribution in [0.5, 0.6) is 0 Å². The maximum Gasteiger partial charge on any atom is 0.140 e. The molecule has 1 N–H and O–H groups in total. The molecule has 0 aliphatic carbocycles. The van der Waals surface area contributed by atoms with Gasteiger partial charge in [-0.1, -0.05) is 32.6 Å². The minimum Gasteiger partial charge on any atom is -0.381 e. The van der Waals surface area contributed by atoms with E-state index in [1.165, 1.54) is 0 Å². The first-order valence-corrected chi connectivity index (χ1v) is 11.7. The first-order chi connectivity index (χ1) is 15.5. The van der Waals surface area contributed by atoms with Gasteiger partial charge in [0.1, 0.15) is 11.7 Å². The van der Waals surface area contributed by atoms with Crippen molar-refractivity contribution in [1.82, 2.24) is 25.1 Å². The minimum atomic E-state index is 0.333. The van der Waals surface area contributed by atoms with Crippen molar-refractivity contribution >= 4 is 5.84 Å². The number of likely N-dealkylation sites (tertiary alicyclic amines) is 1. The van der Waals surface area contributed by atoms with Crippen LogP contribution in [0.4, 0.5) is 0 Å². The highest BCUT2D eigenvalue weighted by atomic mass is 16.5. The quantitative estimate of drug-likeness (QED) is 0.708.